The molecule has 0 spiro atoms. The molecule has 1 aromatic heterocycles. The Hall–Kier alpha value is -3.81. The van der Waals surface area contributed by atoms with E-state index in [1.54, 1.807) is 6.20 Å². The van der Waals surface area contributed by atoms with Gasteiger partial charge in [0.1, 0.15) is 17.2 Å². The van der Waals surface area contributed by atoms with Gasteiger partial charge in [-0.1, -0.05) is 18.2 Å². The average molecular weight is 521 g/mol. The maximum absolute atomic E-state index is 15.0. The number of aliphatic carboxylic acids is 1. The molecule has 0 fully saturated rings. The van der Waals surface area contributed by atoms with Crippen LogP contribution in [0.25, 0.3) is 0 Å². The molecule has 198 valence electrons. The summed E-state index contributed by atoms with van der Waals surface area (Å²) in [6, 6.07) is 10.1. The molecule has 8 rings (SSSR count). The van der Waals surface area contributed by atoms with Crippen molar-refractivity contribution in [2.24, 2.45) is 0 Å². The molecular formula is C30H30F2N2O4. The molecule has 6 heterocycles. The number of nitrogens with zero attached hydrogens (tertiary/aromatic N) is 2. The molecule has 0 saturated heterocycles. The molecule has 0 saturated carbocycles. The minimum Gasteiger partial charge on any atom is -0.481 e. The van der Waals surface area contributed by atoms with E-state index in [0.717, 1.165) is 47.1 Å². The molecule has 2 aromatic carbocycles. The average Bonchev–Trinajstić information content (AvgIpc) is 2.88. The number of hydrogen-bond donors (Lipinski definition) is 1. The molecule has 5 aliphatic heterocycles. The zero-order valence-corrected chi connectivity index (χ0v) is 21.3. The van der Waals surface area contributed by atoms with E-state index in [9.17, 15) is 23.5 Å². The lowest BCUT2D eigenvalue weighted by Gasteiger charge is -2.30. The molecule has 3 aromatic rings. The van der Waals surface area contributed by atoms with Crippen LogP contribution in [0.4, 0.5) is 8.78 Å². The molecule has 1 atom stereocenters. The van der Waals surface area contributed by atoms with Crippen molar-refractivity contribution in [3.05, 3.63) is 93.2 Å². The highest BCUT2D eigenvalue weighted by atomic mass is 19.1. The first-order chi connectivity index (χ1) is 18.3. The molecule has 0 aliphatic carbocycles. The Morgan fingerprint density at radius 1 is 1.08 bits per heavy atom. The summed E-state index contributed by atoms with van der Waals surface area (Å²) in [5.74, 6) is -3.29. The second-order valence-electron chi connectivity index (χ2n) is 10.1. The normalized spacial score (nSPS) is 17.8. The summed E-state index contributed by atoms with van der Waals surface area (Å²) in [6.07, 6.45) is 4.86. The summed E-state index contributed by atoms with van der Waals surface area (Å²) in [5, 5.41) is 9.69. The van der Waals surface area contributed by atoms with E-state index in [-0.39, 0.29) is 13.0 Å². The van der Waals surface area contributed by atoms with Crippen LogP contribution < -0.4 is 4.74 Å². The Morgan fingerprint density at radius 2 is 1.87 bits per heavy atom. The maximum Gasteiger partial charge on any atom is 0.304 e. The Bertz CT molecular complexity index is 1370. The van der Waals surface area contributed by atoms with Crippen molar-refractivity contribution in [3.63, 3.8) is 0 Å². The number of aryl methyl sites for hydroxylation is 2. The van der Waals surface area contributed by atoms with Gasteiger partial charge in [-0.15, -0.1) is 0 Å². The van der Waals surface area contributed by atoms with Crippen LogP contribution in [0, 0.1) is 18.6 Å². The lowest BCUT2D eigenvalue weighted by atomic mass is 9.84. The minimum absolute atomic E-state index is 0.132. The number of ether oxygens (including phenoxy) is 1. The Morgan fingerprint density at radius 3 is 2.61 bits per heavy atom. The largest absolute Gasteiger partial charge is 0.481 e. The summed E-state index contributed by atoms with van der Waals surface area (Å²) in [5.41, 5.74) is 4.32. The van der Waals surface area contributed by atoms with E-state index < -0.39 is 35.0 Å². The number of pyridine rings is 1. The molecule has 0 unspecified atom stereocenters. The van der Waals surface area contributed by atoms with E-state index in [0.29, 0.717) is 37.4 Å². The Kier molecular flexibility index (Phi) is 7.40. The van der Waals surface area contributed by atoms with Crippen LogP contribution in [0.2, 0.25) is 0 Å². The zero-order valence-electron chi connectivity index (χ0n) is 21.3. The van der Waals surface area contributed by atoms with E-state index >= 15 is 0 Å². The van der Waals surface area contributed by atoms with Gasteiger partial charge in [-0.25, -0.2) is 13.8 Å². The summed E-state index contributed by atoms with van der Waals surface area (Å²) < 4.78 is 35.8. The fraction of sp³-hybridized carbons (Fsp3) is 0.367. The summed E-state index contributed by atoms with van der Waals surface area (Å²) in [6.45, 7) is 2.89. The number of carboxylic acids is 1. The number of amides is 1. The number of aromatic nitrogens is 1. The first-order valence-corrected chi connectivity index (χ1v) is 13.0. The quantitative estimate of drug-likeness (QED) is 0.477. The van der Waals surface area contributed by atoms with Gasteiger partial charge in [-0.05, 0) is 84.5 Å². The maximum atomic E-state index is 15.0. The van der Waals surface area contributed by atoms with E-state index in [1.165, 1.54) is 17.0 Å². The van der Waals surface area contributed by atoms with Crippen molar-refractivity contribution in [3.8, 4) is 5.88 Å². The van der Waals surface area contributed by atoms with Gasteiger partial charge in [-0.3, -0.25) is 9.59 Å². The van der Waals surface area contributed by atoms with Gasteiger partial charge in [0.2, 0.25) is 5.88 Å². The van der Waals surface area contributed by atoms with Gasteiger partial charge >= 0.3 is 5.97 Å². The number of carboxylic acid groups (broad SMARTS) is 1. The monoisotopic (exact) mass is 520 g/mol. The highest BCUT2D eigenvalue weighted by molar-refractivity contribution is 5.95. The molecule has 38 heavy (non-hydrogen) atoms. The van der Waals surface area contributed by atoms with Crippen molar-refractivity contribution < 1.29 is 28.2 Å². The topological polar surface area (TPSA) is 79.7 Å². The summed E-state index contributed by atoms with van der Waals surface area (Å²) >= 11 is 0. The zero-order chi connectivity index (χ0) is 26.8. The van der Waals surface area contributed by atoms with Gasteiger partial charge in [0.15, 0.2) is 0 Å². The first-order valence-electron chi connectivity index (χ1n) is 13.0. The van der Waals surface area contributed by atoms with E-state index in [4.69, 9.17) is 4.74 Å². The van der Waals surface area contributed by atoms with Gasteiger partial charge in [0.05, 0.1) is 13.0 Å². The predicted molar refractivity (Wildman–Crippen MR) is 137 cm³/mol. The molecule has 5 aliphatic rings. The van der Waals surface area contributed by atoms with E-state index in [2.05, 4.69) is 4.98 Å². The smallest absolute Gasteiger partial charge is 0.304 e. The molecule has 0 radical (unpaired) electrons. The highest BCUT2D eigenvalue weighted by Crippen LogP contribution is 2.34. The van der Waals surface area contributed by atoms with Gasteiger partial charge < -0.3 is 14.7 Å². The highest BCUT2D eigenvalue weighted by Gasteiger charge is 2.28. The molecule has 1 amide bonds. The molecule has 1 N–H and O–H groups in total. The fourth-order valence-electron chi connectivity index (χ4n) is 5.45. The summed E-state index contributed by atoms with van der Waals surface area (Å²) in [7, 11) is 0. The van der Waals surface area contributed by atoms with Crippen LogP contribution >= 0.6 is 0 Å². The number of rotatable bonds is 2. The fourth-order valence-corrected chi connectivity index (χ4v) is 5.45. The lowest BCUT2D eigenvalue weighted by molar-refractivity contribution is -0.137. The van der Waals surface area contributed by atoms with Gasteiger partial charge in [0.25, 0.3) is 5.91 Å². The number of halogens is 2. The van der Waals surface area contributed by atoms with Crippen LogP contribution in [0.3, 0.4) is 0 Å². The second-order valence-corrected chi connectivity index (χ2v) is 10.1. The first kappa shape index (κ1) is 25.8. The number of benzene rings is 2. The van der Waals surface area contributed by atoms with Crippen LogP contribution in [0.1, 0.15) is 75.3 Å². The molecule has 8 heteroatoms. The Labute approximate surface area is 220 Å². The molecule has 7 bridgehead atoms. The second kappa shape index (κ2) is 10.9. The van der Waals surface area contributed by atoms with Crippen LogP contribution in [-0.4, -0.2) is 40.0 Å². The molecule has 6 nitrogen and oxygen atoms in total. The Balaban J connectivity index is 1.55. The van der Waals surface area contributed by atoms with Crippen LogP contribution in [0.15, 0.2) is 42.6 Å². The van der Waals surface area contributed by atoms with Crippen LogP contribution in [-0.2, 0) is 24.2 Å². The lowest BCUT2D eigenvalue weighted by Crippen LogP contribution is -2.37. The number of hydrogen-bond acceptors (Lipinski definition) is 4. The van der Waals surface area contributed by atoms with Crippen molar-refractivity contribution in [1.82, 2.24) is 9.88 Å². The SMILES string of the molecule is Cc1cc2ncc1[C@@H](CC(=O)O)c1ccc3c(c1)CN(CC3)C(=O)c1c(F)cc(cc1F)CCCCCO2. The minimum atomic E-state index is -0.941. The van der Waals surface area contributed by atoms with Crippen molar-refractivity contribution in [2.45, 2.75) is 57.9 Å². The summed E-state index contributed by atoms with van der Waals surface area (Å²) in [4.78, 5) is 31.0. The number of carbonyl (C=O) groups excluding carboxylic acids is 1. The van der Waals surface area contributed by atoms with Crippen molar-refractivity contribution in [1.29, 1.82) is 0 Å². The van der Waals surface area contributed by atoms with Gasteiger partial charge in [0, 0.05) is 31.3 Å². The number of carbonyl (C=O) groups is 2. The third kappa shape index (κ3) is 5.39. The predicted octanol–water partition coefficient (Wildman–Crippen LogP) is 5.58. The third-order valence-electron chi connectivity index (χ3n) is 7.49. The molecular weight excluding hydrogens is 490 g/mol. The van der Waals surface area contributed by atoms with Crippen molar-refractivity contribution >= 4 is 11.9 Å². The van der Waals surface area contributed by atoms with E-state index in [1.807, 2.05) is 31.2 Å². The van der Waals surface area contributed by atoms with Gasteiger partial charge in [-0.2, -0.15) is 0 Å². The van der Waals surface area contributed by atoms with Crippen molar-refractivity contribution in [2.75, 3.05) is 13.2 Å². The van der Waals surface area contributed by atoms with Crippen LogP contribution in [0.5, 0.6) is 5.88 Å². The third-order valence-corrected chi connectivity index (χ3v) is 7.49. The standard InChI is InChI=1S/C30H30F2N2O4/c1-18-11-27-33-16-24(18)23(15-28(35)36)21-7-6-20-8-9-34(17-22(20)14-21)30(37)29-25(31)12-19(13-26(29)32)5-3-2-4-10-38-27/h6-7,11-14,16,23H,2-5,8-10,15,17H2,1H3,(H,35,36)/t23-/m0/s1.